The maximum absolute atomic E-state index is 8.94. The summed E-state index contributed by atoms with van der Waals surface area (Å²) in [6.45, 7) is 1.12. The highest BCUT2D eigenvalue weighted by molar-refractivity contribution is 14.1. The summed E-state index contributed by atoms with van der Waals surface area (Å²) in [5.41, 5.74) is 0.561. The molecule has 2 aromatic carbocycles. The van der Waals surface area contributed by atoms with E-state index in [1.54, 1.807) is 12.1 Å². The van der Waals surface area contributed by atoms with Gasteiger partial charge in [-0.15, -0.1) is 0 Å². The molecule has 0 heterocycles. The van der Waals surface area contributed by atoms with Gasteiger partial charge in [-0.05, 0) is 52.9 Å². The number of nitriles is 1. The molecule has 2 rings (SSSR count). The zero-order valence-corrected chi connectivity index (χ0v) is 13.0. The molecule has 0 bridgehead atoms. The lowest BCUT2D eigenvalue weighted by atomic mass is 10.2. The number of rotatable bonds is 6. The van der Waals surface area contributed by atoms with Gasteiger partial charge < -0.3 is 9.47 Å². The van der Waals surface area contributed by atoms with Gasteiger partial charge in [-0.25, -0.2) is 0 Å². The van der Waals surface area contributed by atoms with Gasteiger partial charge in [0.1, 0.15) is 17.6 Å². The fourth-order valence-corrected chi connectivity index (χ4v) is 2.19. The lowest BCUT2D eigenvalue weighted by molar-refractivity contribution is 0.247. The van der Waals surface area contributed by atoms with Crippen LogP contribution in [-0.2, 0) is 0 Å². The monoisotopic (exact) mass is 379 g/mol. The Kier molecular flexibility index (Phi) is 5.69. The van der Waals surface area contributed by atoms with E-state index in [1.165, 1.54) is 0 Å². The zero-order valence-electron chi connectivity index (χ0n) is 10.9. The second kappa shape index (κ2) is 7.75. The molecule has 20 heavy (non-hydrogen) atoms. The van der Waals surface area contributed by atoms with Crippen molar-refractivity contribution in [3.05, 3.63) is 57.7 Å². The van der Waals surface area contributed by atoms with E-state index in [0.29, 0.717) is 24.5 Å². The van der Waals surface area contributed by atoms with Crippen LogP contribution in [0.3, 0.4) is 0 Å². The number of nitrogens with zero attached hydrogens (tertiary/aromatic N) is 1. The predicted octanol–water partition coefficient (Wildman–Crippen LogP) is 4.01. The van der Waals surface area contributed by atoms with Crippen molar-refractivity contribution < 1.29 is 9.47 Å². The Balaban J connectivity index is 1.73. The van der Waals surface area contributed by atoms with Crippen molar-refractivity contribution in [2.24, 2.45) is 0 Å². The molecule has 0 N–H and O–H groups in total. The van der Waals surface area contributed by atoms with Crippen LogP contribution in [-0.4, -0.2) is 13.2 Å². The standard InChI is InChI=1S/C16H14INO2/c17-14-6-3-7-15(11-14)19-9-4-10-20-16-8-2-1-5-13(16)12-18/h1-3,5-8,11H,4,9-10H2. The van der Waals surface area contributed by atoms with Gasteiger partial charge in [-0.1, -0.05) is 18.2 Å². The third kappa shape index (κ3) is 4.42. The van der Waals surface area contributed by atoms with Crippen LogP contribution >= 0.6 is 22.6 Å². The SMILES string of the molecule is N#Cc1ccccc1OCCCOc1cccc(I)c1. The van der Waals surface area contributed by atoms with Gasteiger partial charge in [0.25, 0.3) is 0 Å². The van der Waals surface area contributed by atoms with E-state index in [2.05, 4.69) is 28.7 Å². The Hall–Kier alpha value is -1.74. The molecule has 2 aromatic rings. The zero-order chi connectivity index (χ0) is 14.2. The number of hydrogen-bond acceptors (Lipinski definition) is 3. The summed E-state index contributed by atoms with van der Waals surface area (Å²) >= 11 is 2.25. The first-order chi connectivity index (χ1) is 9.79. The molecule has 0 saturated heterocycles. The lowest BCUT2D eigenvalue weighted by Gasteiger charge is -2.09. The summed E-state index contributed by atoms with van der Waals surface area (Å²) in [6.07, 6.45) is 0.769. The topological polar surface area (TPSA) is 42.2 Å². The molecule has 0 radical (unpaired) electrons. The molecule has 102 valence electrons. The van der Waals surface area contributed by atoms with Gasteiger partial charge in [0.15, 0.2) is 0 Å². The van der Waals surface area contributed by atoms with Crippen molar-refractivity contribution in [3.8, 4) is 17.6 Å². The molecule has 0 fully saturated rings. The summed E-state index contributed by atoms with van der Waals surface area (Å²) in [7, 11) is 0. The van der Waals surface area contributed by atoms with E-state index in [-0.39, 0.29) is 0 Å². The number of hydrogen-bond donors (Lipinski definition) is 0. The fourth-order valence-electron chi connectivity index (χ4n) is 1.67. The van der Waals surface area contributed by atoms with Crippen LogP contribution < -0.4 is 9.47 Å². The van der Waals surface area contributed by atoms with Gasteiger partial charge in [0, 0.05) is 9.99 Å². The average molecular weight is 379 g/mol. The molecule has 0 atom stereocenters. The first-order valence-corrected chi connectivity index (χ1v) is 7.38. The summed E-state index contributed by atoms with van der Waals surface area (Å²) < 4.78 is 12.4. The minimum absolute atomic E-state index is 0.530. The molecular weight excluding hydrogens is 365 g/mol. The van der Waals surface area contributed by atoms with Crippen LogP contribution in [0, 0.1) is 14.9 Å². The Morgan fingerprint density at radius 3 is 2.60 bits per heavy atom. The van der Waals surface area contributed by atoms with E-state index in [1.807, 2.05) is 36.4 Å². The molecule has 4 heteroatoms. The Bertz CT molecular complexity index is 607. The minimum atomic E-state index is 0.530. The molecule has 0 aromatic heterocycles. The Labute approximate surface area is 132 Å². The van der Waals surface area contributed by atoms with E-state index >= 15 is 0 Å². The maximum atomic E-state index is 8.94. The van der Waals surface area contributed by atoms with Crippen LogP contribution in [0.1, 0.15) is 12.0 Å². The Morgan fingerprint density at radius 2 is 1.80 bits per heavy atom. The molecule has 0 aliphatic heterocycles. The van der Waals surface area contributed by atoms with E-state index in [0.717, 1.165) is 15.7 Å². The molecule has 0 spiro atoms. The largest absolute Gasteiger partial charge is 0.493 e. The molecule has 0 aliphatic rings. The maximum Gasteiger partial charge on any atom is 0.137 e. The minimum Gasteiger partial charge on any atom is -0.493 e. The quantitative estimate of drug-likeness (QED) is 0.563. The molecule has 0 unspecified atom stereocenters. The molecule has 0 amide bonds. The summed E-state index contributed by atoms with van der Waals surface area (Å²) in [4.78, 5) is 0. The highest BCUT2D eigenvalue weighted by atomic mass is 127. The Morgan fingerprint density at radius 1 is 1.00 bits per heavy atom. The summed E-state index contributed by atoms with van der Waals surface area (Å²) in [5, 5.41) is 8.94. The van der Waals surface area contributed by atoms with Crippen molar-refractivity contribution in [1.29, 1.82) is 5.26 Å². The van der Waals surface area contributed by atoms with Crippen molar-refractivity contribution in [2.45, 2.75) is 6.42 Å². The number of benzene rings is 2. The van der Waals surface area contributed by atoms with E-state index < -0.39 is 0 Å². The van der Waals surface area contributed by atoms with E-state index in [9.17, 15) is 0 Å². The van der Waals surface area contributed by atoms with Crippen LogP contribution in [0.15, 0.2) is 48.5 Å². The van der Waals surface area contributed by atoms with Gasteiger partial charge in [-0.2, -0.15) is 5.26 Å². The van der Waals surface area contributed by atoms with Gasteiger partial charge in [-0.3, -0.25) is 0 Å². The van der Waals surface area contributed by atoms with Gasteiger partial charge in [0.05, 0.1) is 18.8 Å². The third-order valence-corrected chi connectivity index (χ3v) is 3.29. The second-order valence-corrected chi connectivity index (χ2v) is 5.36. The molecule has 3 nitrogen and oxygen atoms in total. The van der Waals surface area contributed by atoms with Crippen molar-refractivity contribution in [2.75, 3.05) is 13.2 Å². The highest BCUT2D eigenvalue weighted by Crippen LogP contribution is 2.17. The van der Waals surface area contributed by atoms with Crippen LogP contribution in [0.5, 0.6) is 11.5 Å². The van der Waals surface area contributed by atoms with Crippen LogP contribution in [0.25, 0.3) is 0 Å². The van der Waals surface area contributed by atoms with E-state index in [4.69, 9.17) is 14.7 Å². The second-order valence-electron chi connectivity index (χ2n) is 4.12. The van der Waals surface area contributed by atoms with Crippen molar-refractivity contribution in [3.63, 3.8) is 0 Å². The predicted molar refractivity (Wildman–Crippen MR) is 85.9 cm³/mol. The van der Waals surface area contributed by atoms with Crippen LogP contribution in [0.2, 0.25) is 0 Å². The first kappa shape index (κ1) is 14.7. The van der Waals surface area contributed by atoms with Gasteiger partial charge in [0.2, 0.25) is 0 Å². The number of ether oxygens (including phenoxy) is 2. The first-order valence-electron chi connectivity index (χ1n) is 6.30. The highest BCUT2D eigenvalue weighted by Gasteiger charge is 2.01. The van der Waals surface area contributed by atoms with Crippen molar-refractivity contribution in [1.82, 2.24) is 0 Å². The van der Waals surface area contributed by atoms with Crippen LogP contribution in [0.4, 0.5) is 0 Å². The smallest absolute Gasteiger partial charge is 0.137 e. The molecular formula is C16H14INO2. The van der Waals surface area contributed by atoms with Gasteiger partial charge >= 0.3 is 0 Å². The molecule has 0 saturated carbocycles. The fraction of sp³-hybridized carbons (Fsp3) is 0.188. The normalized spacial score (nSPS) is 9.80. The lowest BCUT2D eigenvalue weighted by Crippen LogP contribution is -2.05. The third-order valence-electron chi connectivity index (χ3n) is 2.62. The summed E-state index contributed by atoms with van der Waals surface area (Å²) in [6, 6.07) is 17.3. The average Bonchev–Trinajstić information content (AvgIpc) is 2.47. The number of para-hydroxylation sites is 1. The number of halogens is 1. The van der Waals surface area contributed by atoms with Crippen molar-refractivity contribution >= 4 is 22.6 Å². The summed E-state index contributed by atoms with van der Waals surface area (Å²) in [5.74, 6) is 1.50. The molecule has 0 aliphatic carbocycles.